The standard InChI is InChI=1S/C10H11NO3S/c1-5-4-6(5)11-9(12)7-2-3-8(15-7)10(13)14/h2-3,5-6H,4H2,1H3,(H,11,12)(H,13,14). The molecule has 0 radical (unpaired) electrons. The van der Waals surface area contributed by atoms with Gasteiger partial charge in [0.1, 0.15) is 4.88 Å². The zero-order valence-corrected chi connectivity index (χ0v) is 9.00. The van der Waals surface area contributed by atoms with Crippen molar-refractivity contribution in [2.24, 2.45) is 5.92 Å². The summed E-state index contributed by atoms with van der Waals surface area (Å²) in [5.74, 6) is -0.603. The fraction of sp³-hybridized carbons (Fsp3) is 0.400. The lowest BCUT2D eigenvalue weighted by Crippen LogP contribution is -2.25. The van der Waals surface area contributed by atoms with Crippen LogP contribution in [0.1, 0.15) is 32.7 Å². The second kappa shape index (κ2) is 3.66. The smallest absolute Gasteiger partial charge is 0.345 e. The molecule has 0 aromatic carbocycles. The van der Waals surface area contributed by atoms with Crippen molar-refractivity contribution < 1.29 is 14.7 Å². The van der Waals surface area contributed by atoms with Crippen molar-refractivity contribution in [3.8, 4) is 0 Å². The van der Waals surface area contributed by atoms with Crippen LogP contribution in [0.25, 0.3) is 0 Å². The van der Waals surface area contributed by atoms with Gasteiger partial charge in [0.05, 0.1) is 4.88 Å². The third-order valence-electron chi connectivity index (χ3n) is 2.47. The molecule has 2 unspecified atom stereocenters. The molecule has 0 aliphatic heterocycles. The third-order valence-corrected chi connectivity index (χ3v) is 3.54. The van der Waals surface area contributed by atoms with Gasteiger partial charge in [0, 0.05) is 6.04 Å². The van der Waals surface area contributed by atoms with Gasteiger partial charge in [-0.2, -0.15) is 0 Å². The monoisotopic (exact) mass is 225 g/mol. The molecule has 1 amide bonds. The second-order valence-corrected chi connectivity index (χ2v) is 4.85. The number of thiophene rings is 1. The topological polar surface area (TPSA) is 66.4 Å². The number of rotatable bonds is 3. The first-order valence-corrected chi connectivity index (χ1v) is 5.53. The number of carbonyl (C=O) groups is 2. The van der Waals surface area contributed by atoms with Crippen molar-refractivity contribution in [1.29, 1.82) is 0 Å². The van der Waals surface area contributed by atoms with Gasteiger partial charge in [-0.3, -0.25) is 4.79 Å². The van der Waals surface area contributed by atoms with Crippen LogP contribution in [0.2, 0.25) is 0 Å². The van der Waals surface area contributed by atoms with E-state index in [2.05, 4.69) is 12.2 Å². The molecular formula is C10H11NO3S. The van der Waals surface area contributed by atoms with Gasteiger partial charge in [-0.1, -0.05) is 6.92 Å². The van der Waals surface area contributed by atoms with Crippen molar-refractivity contribution in [3.63, 3.8) is 0 Å². The molecule has 15 heavy (non-hydrogen) atoms. The largest absolute Gasteiger partial charge is 0.477 e. The van der Waals surface area contributed by atoms with Crippen LogP contribution >= 0.6 is 11.3 Å². The Morgan fingerprint density at radius 3 is 2.53 bits per heavy atom. The van der Waals surface area contributed by atoms with E-state index in [9.17, 15) is 9.59 Å². The summed E-state index contributed by atoms with van der Waals surface area (Å²) >= 11 is 1.01. The molecular weight excluding hydrogens is 214 g/mol. The first-order valence-electron chi connectivity index (χ1n) is 4.72. The summed E-state index contributed by atoms with van der Waals surface area (Å²) in [6.07, 6.45) is 1.02. The van der Waals surface area contributed by atoms with Crippen molar-refractivity contribution >= 4 is 23.2 Å². The number of amides is 1. The van der Waals surface area contributed by atoms with E-state index in [-0.39, 0.29) is 16.8 Å². The summed E-state index contributed by atoms with van der Waals surface area (Å²) in [5.41, 5.74) is 0. The van der Waals surface area contributed by atoms with Gasteiger partial charge in [-0.05, 0) is 24.5 Å². The fourth-order valence-corrected chi connectivity index (χ4v) is 2.09. The van der Waals surface area contributed by atoms with Crippen molar-refractivity contribution in [2.75, 3.05) is 0 Å². The maximum absolute atomic E-state index is 11.6. The number of carbonyl (C=O) groups excluding carboxylic acids is 1. The number of carboxylic acids is 1. The second-order valence-electron chi connectivity index (χ2n) is 3.76. The fourth-order valence-electron chi connectivity index (χ4n) is 1.34. The van der Waals surface area contributed by atoms with E-state index in [1.807, 2.05) is 0 Å². The Morgan fingerprint density at radius 2 is 2.07 bits per heavy atom. The van der Waals surface area contributed by atoms with E-state index >= 15 is 0 Å². The van der Waals surface area contributed by atoms with Crippen LogP contribution in [0.15, 0.2) is 12.1 Å². The molecule has 1 aromatic heterocycles. The number of nitrogens with one attached hydrogen (secondary N) is 1. The van der Waals surface area contributed by atoms with Gasteiger partial charge in [0.2, 0.25) is 0 Å². The highest BCUT2D eigenvalue weighted by molar-refractivity contribution is 7.15. The molecule has 1 heterocycles. The Morgan fingerprint density at radius 1 is 1.47 bits per heavy atom. The maximum Gasteiger partial charge on any atom is 0.345 e. The van der Waals surface area contributed by atoms with E-state index in [4.69, 9.17) is 5.11 Å². The molecule has 0 saturated heterocycles. The quantitative estimate of drug-likeness (QED) is 0.820. The molecule has 4 nitrogen and oxygen atoms in total. The summed E-state index contributed by atoms with van der Waals surface area (Å²) in [5, 5.41) is 11.5. The maximum atomic E-state index is 11.6. The van der Waals surface area contributed by atoms with E-state index in [0.29, 0.717) is 10.8 Å². The lowest BCUT2D eigenvalue weighted by atomic mass is 10.4. The van der Waals surface area contributed by atoms with Crippen molar-refractivity contribution in [2.45, 2.75) is 19.4 Å². The Kier molecular flexibility index (Phi) is 2.48. The van der Waals surface area contributed by atoms with Gasteiger partial charge in [-0.15, -0.1) is 11.3 Å². The molecule has 1 aliphatic carbocycles. The molecule has 2 N–H and O–H groups in total. The van der Waals surface area contributed by atoms with Crippen molar-refractivity contribution in [3.05, 3.63) is 21.9 Å². The molecule has 1 fully saturated rings. The van der Waals surface area contributed by atoms with Crippen LogP contribution in [0.5, 0.6) is 0 Å². The highest BCUT2D eigenvalue weighted by atomic mass is 32.1. The Labute approximate surface area is 90.9 Å². The molecule has 0 spiro atoms. The normalized spacial score (nSPS) is 23.5. The van der Waals surface area contributed by atoms with Crippen molar-refractivity contribution in [1.82, 2.24) is 5.32 Å². The highest BCUT2D eigenvalue weighted by Gasteiger charge is 2.34. The average molecular weight is 225 g/mol. The zero-order chi connectivity index (χ0) is 11.0. The predicted octanol–water partition coefficient (Wildman–Crippen LogP) is 1.58. The van der Waals surface area contributed by atoms with Gasteiger partial charge >= 0.3 is 5.97 Å². The van der Waals surface area contributed by atoms with Crippen LogP contribution in [0, 0.1) is 5.92 Å². The SMILES string of the molecule is CC1CC1NC(=O)c1ccc(C(=O)O)s1. The molecule has 2 rings (SSSR count). The Balaban J connectivity index is 2.02. The van der Waals surface area contributed by atoms with E-state index < -0.39 is 5.97 Å². The minimum absolute atomic E-state index is 0.165. The minimum Gasteiger partial charge on any atom is -0.477 e. The minimum atomic E-state index is -0.987. The molecule has 2 atom stereocenters. The summed E-state index contributed by atoms with van der Waals surface area (Å²) in [6.45, 7) is 2.07. The lowest BCUT2D eigenvalue weighted by molar-refractivity contribution is 0.0702. The lowest BCUT2D eigenvalue weighted by Gasteiger charge is -1.99. The average Bonchev–Trinajstić information content (AvgIpc) is 2.71. The van der Waals surface area contributed by atoms with Gasteiger partial charge in [0.25, 0.3) is 5.91 Å². The number of hydrogen-bond acceptors (Lipinski definition) is 3. The summed E-state index contributed by atoms with van der Waals surface area (Å²) < 4.78 is 0. The van der Waals surface area contributed by atoms with Gasteiger partial charge in [-0.25, -0.2) is 4.79 Å². The van der Waals surface area contributed by atoms with E-state index in [0.717, 1.165) is 17.8 Å². The number of carboxylic acid groups (broad SMARTS) is 1. The van der Waals surface area contributed by atoms with Gasteiger partial charge < -0.3 is 10.4 Å². The molecule has 1 aliphatic rings. The van der Waals surface area contributed by atoms with Gasteiger partial charge in [0.15, 0.2) is 0 Å². The summed E-state index contributed by atoms with van der Waals surface area (Å²) in [7, 11) is 0. The summed E-state index contributed by atoms with van der Waals surface area (Å²) in [6, 6.07) is 3.28. The van der Waals surface area contributed by atoms with Crippen LogP contribution in [-0.2, 0) is 0 Å². The Hall–Kier alpha value is -1.36. The predicted molar refractivity (Wildman–Crippen MR) is 56.3 cm³/mol. The first-order chi connectivity index (χ1) is 7.08. The third kappa shape index (κ3) is 2.18. The van der Waals surface area contributed by atoms with E-state index in [1.54, 1.807) is 6.07 Å². The molecule has 80 valence electrons. The van der Waals surface area contributed by atoms with Crippen LogP contribution in [-0.4, -0.2) is 23.0 Å². The summed E-state index contributed by atoms with van der Waals surface area (Å²) in [4.78, 5) is 22.8. The number of aromatic carboxylic acids is 1. The highest BCUT2D eigenvalue weighted by Crippen LogP contribution is 2.29. The first kappa shape index (κ1) is 10.2. The Bertz CT molecular complexity index is 413. The molecule has 1 aromatic rings. The number of hydrogen-bond donors (Lipinski definition) is 2. The van der Waals surface area contributed by atoms with E-state index in [1.165, 1.54) is 6.07 Å². The molecule has 5 heteroatoms. The van der Waals surface area contributed by atoms with Crippen LogP contribution in [0.4, 0.5) is 0 Å². The van der Waals surface area contributed by atoms with Crippen LogP contribution < -0.4 is 5.32 Å². The molecule has 1 saturated carbocycles. The zero-order valence-electron chi connectivity index (χ0n) is 8.19. The van der Waals surface area contributed by atoms with Crippen LogP contribution in [0.3, 0.4) is 0 Å². The molecule has 0 bridgehead atoms.